The number of aliphatic hydroxyl groups is 1. The van der Waals surface area contributed by atoms with Gasteiger partial charge in [-0.15, -0.1) is 0 Å². The number of amides is 1. The molecule has 0 spiro atoms. The fourth-order valence-electron chi connectivity index (χ4n) is 4.57. The molecule has 0 aliphatic carbocycles. The van der Waals surface area contributed by atoms with Crippen LogP contribution in [0.25, 0.3) is 16.5 Å². The molecule has 3 aromatic carbocycles. The third-order valence-corrected chi connectivity index (χ3v) is 6.50. The van der Waals surface area contributed by atoms with Gasteiger partial charge in [-0.05, 0) is 57.6 Å². The van der Waals surface area contributed by atoms with Crippen molar-refractivity contribution in [2.45, 2.75) is 32.2 Å². The summed E-state index contributed by atoms with van der Waals surface area (Å²) in [5.41, 5.74) is 2.92. The number of ketones is 1. The van der Waals surface area contributed by atoms with Crippen molar-refractivity contribution in [1.82, 2.24) is 4.98 Å². The Bertz CT molecular complexity index is 1470. The fraction of sp³-hybridized carbons (Fsp3) is 0.167. The van der Waals surface area contributed by atoms with Gasteiger partial charge in [-0.25, -0.2) is 0 Å². The lowest BCUT2D eigenvalue weighted by molar-refractivity contribution is -0.132. The van der Waals surface area contributed by atoms with Crippen LogP contribution in [0.3, 0.4) is 0 Å². The molecule has 1 fully saturated rings. The number of carbonyl (C=O) groups excluding carboxylic acids is 2. The SMILES string of the molecule is CC(C)(C)c1ccc(N2C(=O)C(=O)/C(=C(\O)c3ccc4ccccc4c3)C2c2ccncc2)cc1. The number of benzene rings is 3. The number of nitrogens with zero attached hydrogens (tertiary/aromatic N) is 2. The average Bonchev–Trinajstić information content (AvgIpc) is 3.13. The Morgan fingerprint density at radius 1 is 0.857 bits per heavy atom. The molecular weight excluding hydrogens is 436 g/mol. The number of rotatable bonds is 3. The molecule has 1 aromatic heterocycles. The first-order chi connectivity index (χ1) is 16.8. The van der Waals surface area contributed by atoms with E-state index in [4.69, 9.17) is 0 Å². The van der Waals surface area contributed by atoms with Crippen LogP contribution in [0.4, 0.5) is 5.69 Å². The lowest BCUT2D eigenvalue weighted by atomic mass is 9.87. The van der Waals surface area contributed by atoms with Crippen LogP contribution in [0.2, 0.25) is 0 Å². The quantitative estimate of drug-likeness (QED) is 0.225. The summed E-state index contributed by atoms with van der Waals surface area (Å²) in [7, 11) is 0. The van der Waals surface area contributed by atoms with E-state index in [9.17, 15) is 14.7 Å². The number of Topliss-reactive ketones (excluding diaryl/α,β-unsaturated/α-hetero) is 1. The van der Waals surface area contributed by atoms with E-state index >= 15 is 0 Å². The Kier molecular flexibility index (Phi) is 5.48. The number of pyridine rings is 1. The van der Waals surface area contributed by atoms with Crippen LogP contribution < -0.4 is 4.90 Å². The molecular formula is C30H26N2O3. The number of fused-ring (bicyclic) bond motifs is 1. The molecule has 1 unspecified atom stereocenters. The maximum absolute atomic E-state index is 13.4. The van der Waals surface area contributed by atoms with E-state index < -0.39 is 17.7 Å². The highest BCUT2D eigenvalue weighted by molar-refractivity contribution is 6.51. The highest BCUT2D eigenvalue weighted by Crippen LogP contribution is 2.42. The van der Waals surface area contributed by atoms with Gasteiger partial charge in [0.05, 0.1) is 11.6 Å². The van der Waals surface area contributed by atoms with Crippen molar-refractivity contribution in [2.24, 2.45) is 0 Å². The fourth-order valence-corrected chi connectivity index (χ4v) is 4.57. The molecule has 0 bridgehead atoms. The van der Waals surface area contributed by atoms with Crippen LogP contribution in [0.15, 0.2) is 96.8 Å². The lowest BCUT2D eigenvalue weighted by Gasteiger charge is -2.26. The number of anilines is 1. The molecule has 5 nitrogen and oxygen atoms in total. The van der Waals surface area contributed by atoms with E-state index in [0.717, 1.165) is 16.3 Å². The van der Waals surface area contributed by atoms with Crippen LogP contribution >= 0.6 is 0 Å². The normalized spacial score (nSPS) is 17.8. The van der Waals surface area contributed by atoms with Crippen LogP contribution in [0.1, 0.15) is 43.5 Å². The van der Waals surface area contributed by atoms with Gasteiger partial charge in [0.1, 0.15) is 5.76 Å². The molecule has 1 aliphatic rings. The van der Waals surface area contributed by atoms with Crippen molar-refractivity contribution >= 4 is 33.9 Å². The van der Waals surface area contributed by atoms with Gasteiger partial charge in [-0.2, -0.15) is 0 Å². The molecule has 1 aliphatic heterocycles. The monoisotopic (exact) mass is 462 g/mol. The zero-order valence-corrected chi connectivity index (χ0v) is 19.9. The molecule has 35 heavy (non-hydrogen) atoms. The van der Waals surface area contributed by atoms with E-state index in [0.29, 0.717) is 16.8 Å². The van der Waals surface area contributed by atoms with E-state index in [2.05, 4.69) is 25.8 Å². The summed E-state index contributed by atoms with van der Waals surface area (Å²) in [5.74, 6) is -1.57. The zero-order valence-electron chi connectivity index (χ0n) is 19.9. The smallest absolute Gasteiger partial charge is 0.300 e. The zero-order chi connectivity index (χ0) is 24.7. The maximum Gasteiger partial charge on any atom is 0.300 e. The topological polar surface area (TPSA) is 70.5 Å². The molecule has 1 saturated heterocycles. The second-order valence-corrected chi connectivity index (χ2v) is 9.81. The predicted octanol–water partition coefficient (Wildman–Crippen LogP) is 6.16. The first-order valence-corrected chi connectivity index (χ1v) is 11.6. The van der Waals surface area contributed by atoms with Gasteiger partial charge < -0.3 is 5.11 Å². The first kappa shape index (κ1) is 22.5. The van der Waals surface area contributed by atoms with Gasteiger partial charge >= 0.3 is 0 Å². The van der Waals surface area contributed by atoms with Crippen molar-refractivity contribution in [2.75, 3.05) is 4.90 Å². The Labute approximate surface area is 204 Å². The molecule has 0 radical (unpaired) electrons. The van der Waals surface area contributed by atoms with Crippen molar-refractivity contribution in [3.05, 3.63) is 114 Å². The summed E-state index contributed by atoms with van der Waals surface area (Å²) < 4.78 is 0. The summed E-state index contributed by atoms with van der Waals surface area (Å²) >= 11 is 0. The lowest BCUT2D eigenvalue weighted by Crippen LogP contribution is -2.29. The molecule has 0 saturated carbocycles. The highest BCUT2D eigenvalue weighted by Gasteiger charge is 2.47. The van der Waals surface area contributed by atoms with E-state index in [-0.39, 0.29) is 16.7 Å². The number of aromatic nitrogens is 1. The Morgan fingerprint density at radius 2 is 1.51 bits per heavy atom. The van der Waals surface area contributed by atoms with Crippen molar-refractivity contribution in [1.29, 1.82) is 0 Å². The Balaban J connectivity index is 1.68. The molecule has 1 amide bonds. The second-order valence-electron chi connectivity index (χ2n) is 9.81. The summed E-state index contributed by atoms with van der Waals surface area (Å²) in [5, 5.41) is 13.3. The summed E-state index contributed by atoms with van der Waals surface area (Å²) in [6, 6.07) is 23.7. The summed E-state index contributed by atoms with van der Waals surface area (Å²) in [6.45, 7) is 6.36. The summed E-state index contributed by atoms with van der Waals surface area (Å²) in [4.78, 5) is 32.3. The molecule has 5 rings (SSSR count). The van der Waals surface area contributed by atoms with E-state index in [1.54, 1.807) is 30.6 Å². The molecule has 5 heteroatoms. The Hall–Kier alpha value is -4.25. The van der Waals surface area contributed by atoms with Gasteiger partial charge in [0.15, 0.2) is 0 Å². The number of hydrogen-bond donors (Lipinski definition) is 1. The highest BCUT2D eigenvalue weighted by atomic mass is 16.3. The van der Waals surface area contributed by atoms with E-state index in [1.165, 1.54) is 4.90 Å². The standard InChI is InChI=1S/C30H26N2O3/c1-30(2,3)23-10-12-24(13-11-23)32-26(20-14-16-31-17-15-20)25(28(34)29(32)35)27(33)22-9-8-19-6-4-5-7-21(19)18-22/h4-18,26,33H,1-3H3/b27-25-. The van der Waals surface area contributed by atoms with Gasteiger partial charge in [-0.3, -0.25) is 19.5 Å². The van der Waals surface area contributed by atoms with Gasteiger partial charge in [0.25, 0.3) is 11.7 Å². The maximum atomic E-state index is 13.4. The van der Waals surface area contributed by atoms with Gasteiger partial charge in [-0.1, -0.05) is 69.3 Å². The number of aliphatic hydroxyl groups excluding tert-OH is 1. The minimum absolute atomic E-state index is 0.0483. The van der Waals surface area contributed by atoms with Crippen LogP contribution in [-0.4, -0.2) is 21.8 Å². The van der Waals surface area contributed by atoms with Crippen molar-refractivity contribution < 1.29 is 14.7 Å². The third kappa shape index (κ3) is 3.99. The number of hydrogen-bond acceptors (Lipinski definition) is 4. The van der Waals surface area contributed by atoms with Crippen molar-refractivity contribution in [3.8, 4) is 0 Å². The van der Waals surface area contributed by atoms with E-state index in [1.807, 2.05) is 60.7 Å². The minimum atomic E-state index is -0.773. The summed E-state index contributed by atoms with van der Waals surface area (Å²) in [6.07, 6.45) is 3.24. The van der Waals surface area contributed by atoms with Crippen LogP contribution in [-0.2, 0) is 15.0 Å². The molecule has 174 valence electrons. The second kappa shape index (κ2) is 8.51. The minimum Gasteiger partial charge on any atom is -0.507 e. The largest absolute Gasteiger partial charge is 0.507 e. The first-order valence-electron chi connectivity index (χ1n) is 11.6. The third-order valence-electron chi connectivity index (χ3n) is 6.50. The molecule has 4 aromatic rings. The number of carbonyl (C=O) groups is 2. The van der Waals surface area contributed by atoms with Crippen molar-refractivity contribution in [3.63, 3.8) is 0 Å². The van der Waals surface area contributed by atoms with Gasteiger partial charge in [0.2, 0.25) is 0 Å². The van der Waals surface area contributed by atoms with Crippen LogP contribution in [0, 0.1) is 0 Å². The molecule has 1 N–H and O–H groups in total. The predicted molar refractivity (Wildman–Crippen MR) is 138 cm³/mol. The Morgan fingerprint density at radius 3 is 2.17 bits per heavy atom. The molecule has 2 heterocycles. The van der Waals surface area contributed by atoms with Gasteiger partial charge in [0, 0.05) is 23.6 Å². The average molecular weight is 463 g/mol. The molecule has 1 atom stereocenters. The van der Waals surface area contributed by atoms with Crippen LogP contribution in [0.5, 0.6) is 0 Å².